The summed E-state index contributed by atoms with van der Waals surface area (Å²) < 4.78 is 22.0. The quantitative estimate of drug-likeness (QED) is 0.673. The molecule has 0 radical (unpaired) electrons. The van der Waals surface area contributed by atoms with Gasteiger partial charge in [-0.2, -0.15) is 5.26 Å². The van der Waals surface area contributed by atoms with E-state index in [-0.39, 0.29) is 5.16 Å². The Kier molecular flexibility index (Phi) is 3.14. The van der Waals surface area contributed by atoms with Gasteiger partial charge in [0.15, 0.2) is 0 Å². The molecule has 14 heavy (non-hydrogen) atoms. The Morgan fingerprint density at radius 1 is 1.43 bits per heavy atom. The summed E-state index contributed by atoms with van der Waals surface area (Å²) in [7, 11) is -3.33. The van der Waals surface area contributed by atoms with E-state index in [4.69, 9.17) is 5.26 Å². The zero-order valence-corrected chi connectivity index (χ0v) is 8.45. The van der Waals surface area contributed by atoms with Crippen LogP contribution in [0.5, 0.6) is 0 Å². The molecule has 0 atom stereocenters. The zero-order chi connectivity index (χ0) is 10.6. The highest BCUT2D eigenvalue weighted by Crippen LogP contribution is 2.03. The van der Waals surface area contributed by atoms with Crippen molar-refractivity contribution in [1.82, 2.24) is 9.97 Å². The highest BCUT2D eigenvalue weighted by Gasteiger charge is 2.09. The minimum absolute atomic E-state index is 0.182. The van der Waals surface area contributed by atoms with Crippen LogP contribution in [0.3, 0.4) is 0 Å². The number of nitriles is 1. The number of aryl methyl sites for hydroxylation is 1. The Bertz CT molecular complexity index is 444. The smallest absolute Gasteiger partial charge is 0.227 e. The molecule has 1 aromatic rings. The predicted molar refractivity (Wildman–Crippen MR) is 49.1 cm³/mol. The van der Waals surface area contributed by atoms with Gasteiger partial charge in [-0.1, -0.05) is 0 Å². The Hall–Kier alpha value is -1.48. The molecular formula is C8H9N3O2S. The van der Waals surface area contributed by atoms with Crippen LogP contribution in [-0.2, 0) is 16.3 Å². The van der Waals surface area contributed by atoms with Crippen molar-refractivity contribution in [3.63, 3.8) is 0 Å². The molecule has 0 unspecified atom stereocenters. The number of sulfone groups is 1. The molecule has 5 nitrogen and oxygen atoms in total. The fourth-order valence-electron chi connectivity index (χ4n) is 0.864. The Morgan fingerprint density at radius 3 is 2.43 bits per heavy atom. The maximum absolute atomic E-state index is 11.0. The van der Waals surface area contributed by atoms with Gasteiger partial charge in [0.1, 0.15) is 0 Å². The van der Waals surface area contributed by atoms with Gasteiger partial charge in [0, 0.05) is 25.1 Å². The average Bonchev–Trinajstić information content (AvgIpc) is 2.14. The summed E-state index contributed by atoms with van der Waals surface area (Å²) in [6, 6.07) is 1.99. The van der Waals surface area contributed by atoms with E-state index >= 15 is 0 Å². The van der Waals surface area contributed by atoms with Crippen LogP contribution in [-0.4, -0.2) is 24.6 Å². The van der Waals surface area contributed by atoms with Crippen molar-refractivity contribution in [2.75, 3.05) is 6.26 Å². The fourth-order valence-corrected chi connectivity index (χ4v) is 1.35. The zero-order valence-electron chi connectivity index (χ0n) is 7.64. The first-order valence-electron chi connectivity index (χ1n) is 3.92. The second-order valence-electron chi connectivity index (χ2n) is 2.80. The van der Waals surface area contributed by atoms with Gasteiger partial charge in [0.2, 0.25) is 15.0 Å². The summed E-state index contributed by atoms with van der Waals surface area (Å²) in [5.41, 5.74) is 0.763. The minimum Gasteiger partial charge on any atom is -0.227 e. The molecule has 0 N–H and O–H groups in total. The van der Waals surface area contributed by atoms with Gasteiger partial charge >= 0.3 is 0 Å². The van der Waals surface area contributed by atoms with Crippen LogP contribution in [0.4, 0.5) is 0 Å². The third-order valence-corrected chi connectivity index (χ3v) is 2.41. The molecule has 0 amide bonds. The molecule has 0 bridgehead atoms. The Morgan fingerprint density at radius 2 is 2.00 bits per heavy atom. The summed E-state index contributed by atoms with van der Waals surface area (Å²) in [5.74, 6) is 0. The van der Waals surface area contributed by atoms with Crippen molar-refractivity contribution < 1.29 is 8.42 Å². The SMILES string of the molecule is CS(=O)(=O)c1ncc(CCC#N)cn1. The van der Waals surface area contributed by atoms with Crippen LogP contribution in [0.1, 0.15) is 12.0 Å². The summed E-state index contributed by atoms with van der Waals surface area (Å²) in [4.78, 5) is 7.39. The molecule has 0 aromatic carbocycles. The van der Waals surface area contributed by atoms with E-state index in [9.17, 15) is 8.42 Å². The molecule has 0 fully saturated rings. The van der Waals surface area contributed by atoms with Crippen LogP contribution in [0.15, 0.2) is 17.6 Å². The van der Waals surface area contributed by atoms with Crippen LogP contribution < -0.4 is 0 Å². The largest absolute Gasteiger partial charge is 0.246 e. The van der Waals surface area contributed by atoms with Crippen molar-refractivity contribution >= 4 is 9.84 Å². The van der Waals surface area contributed by atoms with E-state index < -0.39 is 9.84 Å². The first-order chi connectivity index (χ1) is 6.54. The molecule has 1 rings (SSSR count). The number of aromatic nitrogens is 2. The van der Waals surface area contributed by atoms with Crippen molar-refractivity contribution in [1.29, 1.82) is 5.26 Å². The third-order valence-electron chi connectivity index (χ3n) is 1.54. The molecule has 0 saturated carbocycles. The Labute approximate surface area is 82.3 Å². The van der Waals surface area contributed by atoms with E-state index in [0.29, 0.717) is 12.8 Å². The lowest BCUT2D eigenvalue weighted by molar-refractivity contribution is 0.592. The van der Waals surface area contributed by atoms with Crippen LogP contribution in [0, 0.1) is 11.3 Å². The van der Waals surface area contributed by atoms with Crippen molar-refractivity contribution in [3.05, 3.63) is 18.0 Å². The van der Waals surface area contributed by atoms with Crippen molar-refractivity contribution in [2.45, 2.75) is 18.0 Å². The second kappa shape index (κ2) is 4.15. The van der Waals surface area contributed by atoms with Gasteiger partial charge < -0.3 is 0 Å². The number of hydrogen-bond acceptors (Lipinski definition) is 5. The van der Waals surface area contributed by atoms with Crippen molar-refractivity contribution in [2.24, 2.45) is 0 Å². The maximum atomic E-state index is 11.0. The van der Waals surface area contributed by atoms with Gasteiger partial charge in [-0.3, -0.25) is 0 Å². The molecule has 0 spiro atoms. The average molecular weight is 211 g/mol. The predicted octanol–water partition coefficient (Wildman–Crippen LogP) is 0.336. The Balaban J connectivity index is 2.86. The first-order valence-corrected chi connectivity index (χ1v) is 5.81. The van der Waals surface area contributed by atoms with Crippen LogP contribution in [0.25, 0.3) is 0 Å². The lowest BCUT2D eigenvalue weighted by Gasteiger charge is -1.98. The standard InChI is InChI=1S/C8H9N3O2S/c1-14(12,13)8-10-5-7(6-11-8)3-2-4-9/h5-6H,2-3H2,1H3. The molecule has 0 saturated heterocycles. The molecule has 1 heterocycles. The van der Waals surface area contributed by atoms with Gasteiger partial charge in [0.05, 0.1) is 6.07 Å². The molecule has 1 aromatic heterocycles. The first kappa shape index (κ1) is 10.6. The van der Waals surface area contributed by atoms with E-state index in [1.165, 1.54) is 12.4 Å². The lowest BCUT2D eigenvalue weighted by Crippen LogP contribution is -2.04. The molecule has 0 aliphatic rings. The number of hydrogen-bond donors (Lipinski definition) is 0. The van der Waals surface area contributed by atoms with Gasteiger partial charge in [-0.15, -0.1) is 0 Å². The van der Waals surface area contributed by atoms with E-state index in [1.807, 2.05) is 6.07 Å². The number of rotatable bonds is 3. The second-order valence-corrected chi connectivity index (χ2v) is 4.71. The third kappa shape index (κ3) is 2.78. The molecule has 74 valence electrons. The van der Waals surface area contributed by atoms with Gasteiger partial charge in [-0.25, -0.2) is 18.4 Å². The summed E-state index contributed by atoms with van der Waals surface area (Å²) in [6.45, 7) is 0. The molecule has 0 aliphatic heterocycles. The van der Waals surface area contributed by atoms with Gasteiger partial charge in [-0.05, 0) is 12.0 Å². The fraction of sp³-hybridized carbons (Fsp3) is 0.375. The molecule has 6 heteroatoms. The lowest BCUT2D eigenvalue weighted by atomic mass is 10.2. The number of nitrogens with zero attached hydrogens (tertiary/aromatic N) is 3. The van der Waals surface area contributed by atoms with E-state index in [0.717, 1.165) is 11.8 Å². The minimum atomic E-state index is -3.33. The maximum Gasteiger partial charge on any atom is 0.246 e. The van der Waals surface area contributed by atoms with Gasteiger partial charge in [0.25, 0.3) is 0 Å². The topological polar surface area (TPSA) is 83.7 Å². The highest BCUT2D eigenvalue weighted by atomic mass is 32.2. The normalized spacial score (nSPS) is 10.9. The molecule has 0 aliphatic carbocycles. The van der Waals surface area contributed by atoms with Crippen LogP contribution in [0.2, 0.25) is 0 Å². The monoisotopic (exact) mass is 211 g/mol. The van der Waals surface area contributed by atoms with Crippen LogP contribution >= 0.6 is 0 Å². The highest BCUT2D eigenvalue weighted by molar-refractivity contribution is 7.90. The molecular weight excluding hydrogens is 202 g/mol. The van der Waals surface area contributed by atoms with E-state index in [1.54, 1.807) is 0 Å². The van der Waals surface area contributed by atoms with Crippen molar-refractivity contribution in [3.8, 4) is 6.07 Å². The summed E-state index contributed by atoms with van der Waals surface area (Å²) >= 11 is 0. The van der Waals surface area contributed by atoms with E-state index in [2.05, 4.69) is 9.97 Å². The summed E-state index contributed by atoms with van der Waals surface area (Å²) in [6.07, 6.45) is 4.83. The summed E-state index contributed by atoms with van der Waals surface area (Å²) in [5, 5.41) is 8.14.